The van der Waals surface area contributed by atoms with Crippen molar-refractivity contribution in [3.63, 3.8) is 0 Å². The molecule has 0 bridgehead atoms. The summed E-state index contributed by atoms with van der Waals surface area (Å²) in [5, 5.41) is 6.73. The molecule has 0 atom stereocenters. The predicted octanol–water partition coefficient (Wildman–Crippen LogP) is 4.40. The summed E-state index contributed by atoms with van der Waals surface area (Å²) in [5.74, 6) is -0.705. The fraction of sp³-hybridized carbons (Fsp3) is 0.250. The van der Waals surface area contributed by atoms with Crippen LogP contribution >= 0.6 is 22.7 Å². The molecule has 0 saturated carbocycles. The molecule has 0 saturated heterocycles. The second-order valence-corrected chi connectivity index (χ2v) is 7.82. The number of thiophene rings is 1. The van der Waals surface area contributed by atoms with Crippen LogP contribution in [-0.4, -0.2) is 29.5 Å². The fourth-order valence-corrected chi connectivity index (χ4v) is 4.17. The Labute approximate surface area is 166 Å². The Bertz CT molecular complexity index is 889. The van der Waals surface area contributed by atoms with Crippen molar-refractivity contribution in [2.24, 2.45) is 0 Å². The number of thiazole rings is 1. The highest BCUT2D eigenvalue weighted by atomic mass is 32.1. The highest BCUT2D eigenvalue weighted by Crippen LogP contribution is 2.26. The second kappa shape index (κ2) is 8.92. The zero-order valence-electron chi connectivity index (χ0n) is 15.1. The lowest BCUT2D eigenvalue weighted by Crippen LogP contribution is -2.40. The van der Waals surface area contributed by atoms with E-state index in [1.165, 1.54) is 11.3 Å². The van der Waals surface area contributed by atoms with Gasteiger partial charge in [-0.1, -0.05) is 18.2 Å². The third-order valence-electron chi connectivity index (χ3n) is 3.82. The molecular weight excluding hydrogens is 380 g/mol. The number of rotatable bonds is 7. The van der Waals surface area contributed by atoms with Crippen LogP contribution in [0.5, 0.6) is 0 Å². The molecule has 27 heavy (non-hydrogen) atoms. The maximum absolute atomic E-state index is 12.5. The van der Waals surface area contributed by atoms with Crippen molar-refractivity contribution < 1.29 is 14.3 Å². The number of aromatic nitrogens is 1. The first-order chi connectivity index (χ1) is 13.0. The average Bonchev–Trinajstić information content (AvgIpc) is 3.32. The Kier molecular flexibility index (Phi) is 6.36. The van der Waals surface area contributed by atoms with Crippen LogP contribution in [0.2, 0.25) is 0 Å². The number of esters is 1. The van der Waals surface area contributed by atoms with Gasteiger partial charge in [-0.2, -0.15) is 11.3 Å². The molecule has 0 aliphatic heterocycles. The third-order valence-corrected chi connectivity index (χ3v) is 5.44. The molecule has 3 rings (SSSR count). The molecule has 0 fully saturated rings. The summed E-state index contributed by atoms with van der Waals surface area (Å²) in [7, 11) is 0. The zero-order valence-corrected chi connectivity index (χ0v) is 16.8. The predicted molar refractivity (Wildman–Crippen MR) is 109 cm³/mol. The molecule has 1 amide bonds. The van der Waals surface area contributed by atoms with Crippen LogP contribution in [0.3, 0.4) is 0 Å². The van der Waals surface area contributed by atoms with E-state index in [1.54, 1.807) is 16.2 Å². The Morgan fingerprint density at radius 3 is 2.59 bits per heavy atom. The molecule has 0 aliphatic carbocycles. The maximum Gasteiger partial charge on any atom is 0.312 e. The first-order valence-corrected chi connectivity index (χ1v) is 10.4. The number of anilines is 1. The SMILES string of the molecule is CC(C)N(C(=O)COC(=O)Cc1csc(-c2ccsc2)n1)c1ccccc1. The van der Waals surface area contributed by atoms with Crippen LogP contribution in [0.15, 0.2) is 52.5 Å². The van der Waals surface area contributed by atoms with Gasteiger partial charge in [-0.3, -0.25) is 9.59 Å². The van der Waals surface area contributed by atoms with Crippen LogP contribution in [0.25, 0.3) is 10.6 Å². The van der Waals surface area contributed by atoms with E-state index in [0.717, 1.165) is 16.3 Å². The van der Waals surface area contributed by atoms with Crippen molar-refractivity contribution in [2.75, 3.05) is 11.5 Å². The fourth-order valence-electron chi connectivity index (χ4n) is 2.64. The summed E-state index contributed by atoms with van der Waals surface area (Å²) in [6, 6.07) is 11.3. The summed E-state index contributed by atoms with van der Waals surface area (Å²) < 4.78 is 5.20. The largest absolute Gasteiger partial charge is 0.455 e. The number of nitrogens with zero attached hydrogens (tertiary/aromatic N) is 2. The van der Waals surface area contributed by atoms with Gasteiger partial charge in [0.1, 0.15) is 5.01 Å². The van der Waals surface area contributed by atoms with Gasteiger partial charge in [0.2, 0.25) is 0 Å². The number of para-hydroxylation sites is 1. The van der Waals surface area contributed by atoms with Crippen molar-refractivity contribution in [2.45, 2.75) is 26.3 Å². The number of amides is 1. The monoisotopic (exact) mass is 400 g/mol. The second-order valence-electron chi connectivity index (χ2n) is 6.19. The van der Waals surface area contributed by atoms with Crippen molar-refractivity contribution in [3.8, 4) is 10.6 Å². The summed E-state index contributed by atoms with van der Waals surface area (Å²) >= 11 is 3.10. The van der Waals surface area contributed by atoms with Gasteiger partial charge in [0.15, 0.2) is 6.61 Å². The number of carbonyl (C=O) groups excluding carboxylic acids is 2. The maximum atomic E-state index is 12.5. The number of carbonyl (C=O) groups is 2. The number of hydrogen-bond acceptors (Lipinski definition) is 6. The third kappa shape index (κ3) is 5.02. The average molecular weight is 401 g/mol. The highest BCUT2D eigenvalue weighted by molar-refractivity contribution is 7.14. The summed E-state index contributed by atoms with van der Waals surface area (Å²) in [4.78, 5) is 30.7. The van der Waals surface area contributed by atoms with Gasteiger partial charge in [0, 0.05) is 28.1 Å². The van der Waals surface area contributed by atoms with E-state index in [2.05, 4.69) is 4.98 Å². The van der Waals surface area contributed by atoms with Gasteiger partial charge < -0.3 is 9.64 Å². The van der Waals surface area contributed by atoms with Crippen LogP contribution < -0.4 is 4.90 Å². The van der Waals surface area contributed by atoms with E-state index in [1.807, 2.05) is 66.4 Å². The number of ether oxygens (including phenoxy) is 1. The topological polar surface area (TPSA) is 59.5 Å². The minimum atomic E-state index is -0.456. The molecule has 2 heterocycles. The van der Waals surface area contributed by atoms with Crippen molar-refractivity contribution in [1.29, 1.82) is 0 Å². The van der Waals surface area contributed by atoms with Crippen molar-refractivity contribution in [1.82, 2.24) is 4.98 Å². The van der Waals surface area contributed by atoms with Gasteiger partial charge in [-0.05, 0) is 37.4 Å². The minimum Gasteiger partial charge on any atom is -0.455 e. The Balaban J connectivity index is 1.56. The standard InChI is InChI=1S/C20H20N2O3S2/c1-14(2)22(17-6-4-3-5-7-17)18(23)11-25-19(24)10-16-13-27-20(21-16)15-8-9-26-12-15/h3-9,12-14H,10-11H2,1-2H3. The number of benzene rings is 1. The van der Waals surface area contributed by atoms with Gasteiger partial charge in [0.05, 0.1) is 12.1 Å². The lowest BCUT2D eigenvalue weighted by atomic mass is 10.2. The van der Waals surface area contributed by atoms with Crippen LogP contribution in [0.4, 0.5) is 5.69 Å². The Hall–Kier alpha value is -2.51. The Morgan fingerprint density at radius 2 is 1.93 bits per heavy atom. The first-order valence-electron chi connectivity index (χ1n) is 8.54. The molecule has 0 aliphatic rings. The molecule has 1 aromatic carbocycles. The molecule has 5 nitrogen and oxygen atoms in total. The molecule has 0 unspecified atom stereocenters. The number of hydrogen-bond donors (Lipinski definition) is 0. The zero-order chi connectivity index (χ0) is 19.2. The van der Waals surface area contributed by atoms with E-state index in [-0.39, 0.29) is 25.0 Å². The van der Waals surface area contributed by atoms with Gasteiger partial charge in [0.25, 0.3) is 5.91 Å². The molecular formula is C20H20N2O3S2. The van der Waals surface area contributed by atoms with E-state index in [9.17, 15) is 9.59 Å². The van der Waals surface area contributed by atoms with Gasteiger partial charge in [-0.25, -0.2) is 4.98 Å². The smallest absolute Gasteiger partial charge is 0.312 e. The molecule has 0 N–H and O–H groups in total. The first kappa shape index (κ1) is 19.3. The van der Waals surface area contributed by atoms with E-state index in [4.69, 9.17) is 4.74 Å². The van der Waals surface area contributed by atoms with Crippen molar-refractivity contribution >= 4 is 40.2 Å². The molecule has 2 aromatic heterocycles. The van der Waals surface area contributed by atoms with E-state index in [0.29, 0.717) is 5.69 Å². The van der Waals surface area contributed by atoms with Crippen LogP contribution in [-0.2, 0) is 20.7 Å². The molecule has 0 spiro atoms. The summed E-state index contributed by atoms with van der Waals surface area (Å²) in [6.07, 6.45) is 0.0565. The summed E-state index contributed by atoms with van der Waals surface area (Å²) in [6.45, 7) is 3.56. The molecule has 0 radical (unpaired) electrons. The lowest BCUT2D eigenvalue weighted by molar-refractivity contribution is -0.147. The van der Waals surface area contributed by atoms with Gasteiger partial charge in [-0.15, -0.1) is 11.3 Å². The normalized spacial score (nSPS) is 10.8. The van der Waals surface area contributed by atoms with Gasteiger partial charge >= 0.3 is 5.97 Å². The summed E-state index contributed by atoms with van der Waals surface area (Å²) in [5.41, 5.74) is 2.49. The minimum absolute atomic E-state index is 0.0367. The molecule has 7 heteroatoms. The van der Waals surface area contributed by atoms with E-state index >= 15 is 0 Å². The van der Waals surface area contributed by atoms with Crippen LogP contribution in [0.1, 0.15) is 19.5 Å². The molecule has 3 aromatic rings. The quantitative estimate of drug-likeness (QED) is 0.552. The lowest BCUT2D eigenvalue weighted by Gasteiger charge is -2.26. The Morgan fingerprint density at radius 1 is 1.15 bits per heavy atom. The molecule has 140 valence electrons. The van der Waals surface area contributed by atoms with E-state index < -0.39 is 5.97 Å². The highest BCUT2D eigenvalue weighted by Gasteiger charge is 2.20. The van der Waals surface area contributed by atoms with Crippen LogP contribution in [0, 0.1) is 0 Å². The van der Waals surface area contributed by atoms with Crippen molar-refractivity contribution in [3.05, 3.63) is 58.2 Å².